The number of fused-ring (bicyclic) bond motifs is 1. The van der Waals surface area contributed by atoms with E-state index in [0.717, 1.165) is 22.1 Å². The van der Waals surface area contributed by atoms with Crippen molar-refractivity contribution >= 4 is 22.6 Å². The average molecular weight is 358 g/mol. The summed E-state index contributed by atoms with van der Waals surface area (Å²) in [5.74, 6) is 1.45. The molecule has 0 aliphatic heterocycles. The van der Waals surface area contributed by atoms with Crippen LogP contribution < -0.4 is 10.1 Å². The van der Waals surface area contributed by atoms with E-state index < -0.39 is 6.10 Å². The first-order valence-corrected chi connectivity index (χ1v) is 8.60. The summed E-state index contributed by atoms with van der Waals surface area (Å²) in [5, 5.41) is 11.9. The van der Waals surface area contributed by atoms with E-state index in [4.69, 9.17) is 20.8 Å². The smallest absolute Gasteiger partial charge is 0.137 e. The van der Waals surface area contributed by atoms with Gasteiger partial charge < -0.3 is 14.3 Å². The minimum absolute atomic E-state index is 0.317. The molecule has 0 saturated heterocycles. The van der Waals surface area contributed by atoms with Crippen LogP contribution in [0.1, 0.15) is 13.8 Å². The van der Waals surface area contributed by atoms with Gasteiger partial charge >= 0.3 is 0 Å². The van der Waals surface area contributed by atoms with Crippen molar-refractivity contribution in [2.24, 2.45) is 4.99 Å². The second-order valence-corrected chi connectivity index (χ2v) is 6.22. The Balaban J connectivity index is 2.19. The topological polar surface area (TPSA) is 55.0 Å². The predicted molar refractivity (Wildman–Crippen MR) is 99.9 cm³/mol. The van der Waals surface area contributed by atoms with E-state index in [1.165, 1.54) is 0 Å². The Morgan fingerprint density at radius 2 is 1.92 bits per heavy atom. The molecule has 130 valence electrons. The Bertz CT molecular complexity index is 930. The third kappa shape index (κ3) is 4.21. The SMILES string of the molecule is CCOc1ccc2oc(-c3ccc(Cl)cc3)cc(=NC[C@@H](C)O)c2c1. The lowest BCUT2D eigenvalue weighted by Crippen LogP contribution is -2.11. The van der Waals surface area contributed by atoms with E-state index in [1.54, 1.807) is 6.92 Å². The predicted octanol–water partition coefficient (Wildman–Crippen LogP) is 4.43. The number of nitrogens with zero attached hydrogens (tertiary/aromatic N) is 1. The van der Waals surface area contributed by atoms with Gasteiger partial charge in [-0.25, -0.2) is 0 Å². The lowest BCUT2D eigenvalue weighted by molar-refractivity contribution is 0.203. The van der Waals surface area contributed by atoms with Gasteiger partial charge in [-0.15, -0.1) is 0 Å². The Morgan fingerprint density at radius 3 is 2.60 bits per heavy atom. The number of aliphatic hydroxyl groups is 1. The normalized spacial score (nSPS) is 13.2. The highest BCUT2D eigenvalue weighted by molar-refractivity contribution is 6.30. The molecule has 0 unspecified atom stereocenters. The molecule has 0 bridgehead atoms. The van der Waals surface area contributed by atoms with Gasteiger partial charge in [0.2, 0.25) is 0 Å². The Labute approximate surface area is 151 Å². The second kappa shape index (κ2) is 7.72. The van der Waals surface area contributed by atoms with Gasteiger partial charge in [-0.3, -0.25) is 4.99 Å². The molecule has 1 aromatic heterocycles. The molecule has 0 amide bonds. The maximum Gasteiger partial charge on any atom is 0.137 e. The monoisotopic (exact) mass is 357 g/mol. The first kappa shape index (κ1) is 17.5. The molecule has 0 saturated carbocycles. The van der Waals surface area contributed by atoms with E-state index in [0.29, 0.717) is 29.5 Å². The second-order valence-electron chi connectivity index (χ2n) is 5.78. The van der Waals surface area contributed by atoms with Crippen LogP contribution in [0.5, 0.6) is 5.75 Å². The molecule has 25 heavy (non-hydrogen) atoms. The van der Waals surface area contributed by atoms with Crippen LogP contribution in [0.4, 0.5) is 0 Å². The van der Waals surface area contributed by atoms with E-state index in [-0.39, 0.29) is 0 Å². The van der Waals surface area contributed by atoms with E-state index in [1.807, 2.05) is 55.5 Å². The minimum Gasteiger partial charge on any atom is -0.494 e. The van der Waals surface area contributed by atoms with Crippen molar-refractivity contribution in [2.45, 2.75) is 20.0 Å². The molecule has 0 aliphatic rings. The van der Waals surface area contributed by atoms with Gasteiger partial charge in [0.25, 0.3) is 0 Å². The van der Waals surface area contributed by atoms with Crippen molar-refractivity contribution in [2.75, 3.05) is 13.2 Å². The first-order valence-electron chi connectivity index (χ1n) is 8.22. The summed E-state index contributed by atoms with van der Waals surface area (Å²) in [7, 11) is 0. The van der Waals surface area contributed by atoms with Crippen LogP contribution in [0.25, 0.3) is 22.3 Å². The lowest BCUT2D eigenvalue weighted by Gasteiger charge is -2.08. The summed E-state index contributed by atoms with van der Waals surface area (Å²) < 4.78 is 11.6. The van der Waals surface area contributed by atoms with Gasteiger partial charge in [-0.1, -0.05) is 11.6 Å². The fourth-order valence-corrected chi connectivity index (χ4v) is 2.65. The Morgan fingerprint density at radius 1 is 1.16 bits per heavy atom. The zero-order valence-corrected chi connectivity index (χ0v) is 15.0. The lowest BCUT2D eigenvalue weighted by atomic mass is 10.1. The molecular weight excluding hydrogens is 338 g/mol. The van der Waals surface area contributed by atoms with Crippen LogP contribution >= 0.6 is 11.6 Å². The summed E-state index contributed by atoms with van der Waals surface area (Å²) in [4.78, 5) is 4.55. The van der Waals surface area contributed by atoms with Gasteiger partial charge in [0.15, 0.2) is 0 Å². The molecular formula is C20H20ClNO3. The number of ether oxygens (including phenoxy) is 1. The molecule has 0 spiro atoms. The minimum atomic E-state index is -0.513. The third-order valence-corrected chi connectivity index (χ3v) is 3.93. The van der Waals surface area contributed by atoms with Crippen LogP contribution in [0, 0.1) is 0 Å². The van der Waals surface area contributed by atoms with Gasteiger partial charge in [-0.2, -0.15) is 0 Å². The quantitative estimate of drug-likeness (QED) is 0.734. The van der Waals surface area contributed by atoms with Gasteiger partial charge in [0.1, 0.15) is 17.1 Å². The van der Waals surface area contributed by atoms with Crippen LogP contribution in [0.2, 0.25) is 5.02 Å². The fourth-order valence-electron chi connectivity index (χ4n) is 2.52. The number of halogens is 1. The highest BCUT2D eigenvalue weighted by atomic mass is 35.5. The van der Waals surface area contributed by atoms with Crippen molar-refractivity contribution < 1.29 is 14.3 Å². The number of aliphatic hydroxyl groups excluding tert-OH is 1. The van der Waals surface area contributed by atoms with E-state index in [9.17, 15) is 5.11 Å². The molecule has 1 N–H and O–H groups in total. The fraction of sp³-hybridized carbons (Fsp3) is 0.250. The largest absolute Gasteiger partial charge is 0.494 e. The van der Waals surface area contributed by atoms with Crippen molar-refractivity contribution in [1.29, 1.82) is 0 Å². The molecule has 0 radical (unpaired) electrons. The van der Waals surface area contributed by atoms with Crippen molar-refractivity contribution in [1.82, 2.24) is 0 Å². The first-order chi connectivity index (χ1) is 12.1. The number of hydrogen-bond acceptors (Lipinski definition) is 4. The summed E-state index contributed by atoms with van der Waals surface area (Å²) in [5.41, 5.74) is 1.62. The summed E-state index contributed by atoms with van der Waals surface area (Å²) >= 11 is 5.97. The summed E-state index contributed by atoms with van der Waals surface area (Å²) in [6, 6.07) is 15.0. The standard InChI is InChI=1S/C20H20ClNO3/c1-3-24-16-8-9-19-17(10-16)18(22-12-13(2)23)11-20(25-19)14-4-6-15(21)7-5-14/h4-11,13,23H,3,12H2,1-2H3/t13-/m1/s1. The molecule has 3 rings (SSSR count). The molecule has 0 fully saturated rings. The number of benzene rings is 2. The number of hydrogen-bond donors (Lipinski definition) is 1. The Kier molecular flexibility index (Phi) is 5.41. The summed E-state index contributed by atoms with van der Waals surface area (Å²) in [6.07, 6.45) is -0.513. The zero-order chi connectivity index (χ0) is 17.8. The van der Waals surface area contributed by atoms with Gasteiger partial charge in [-0.05, 0) is 56.3 Å². The summed E-state index contributed by atoms with van der Waals surface area (Å²) in [6.45, 7) is 4.56. The maximum absolute atomic E-state index is 9.58. The van der Waals surface area contributed by atoms with Gasteiger partial charge in [0.05, 0.1) is 24.6 Å². The average Bonchev–Trinajstić information content (AvgIpc) is 2.60. The molecule has 0 aliphatic carbocycles. The van der Waals surface area contributed by atoms with Crippen LogP contribution in [0.15, 0.2) is 57.9 Å². The van der Waals surface area contributed by atoms with Gasteiger partial charge in [0, 0.05) is 22.0 Å². The molecule has 5 heteroatoms. The molecule has 1 heterocycles. The maximum atomic E-state index is 9.58. The van der Waals surface area contributed by atoms with Crippen LogP contribution in [0.3, 0.4) is 0 Å². The molecule has 1 atom stereocenters. The van der Waals surface area contributed by atoms with E-state index >= 15 is 0 Å². The van der Waals surface area contributed by atoms with Crippen molar-refractivity contribution in [3.8, 4) is 17.1 Å². The number of rotatable bonds is 5. The highest BCUT2D eigenvalue weighted by Crippen LogP contribution is 2.25. The van der Waals surface area contributed by atoms with Crippen LogP contribution in [-0.4, -0.2) is 24.4 Å². The molecule has 4 nitrogen and oxygen atoms in total. The van der Waals surface area contributed by atoms with Crippen molar-refractivity contribution in [3.63, 3.8) is 0 Å². The molecule has 2 aromatic carbocycles. The Hall–Kier alpha value is -2.30. The van der Waals surface area contributed by atoms with Crippen LogP contribution in [-0.2, 0) is 0 Å². The molecule has 3 aromatic rings. The highest BCUT2D eigenvalue weighted by Gasteiger charge is 2.08. The van der Waals surface area contributed by atoms with E-state index in [2.05, 4.69) is 4.99 Å². The third-order valence-electron chi connectivity index (χ3n) is 3.68. The zero-order valence-electron chi connectivity index (χ0n) is 14.2. The van der Waals surface area contributed by atoms with Crippen molar-refractivity contribution in [3.05, 3.63) is 58.9 Å².